The van der Waals surface area contributed by atoms with E-state index in [1.807, 2.05) is 0 Å². The monoisotopic (exact) mass is 272 g/mol. The molecule has 17 heavy (non-hydrogen) atoms. The molecule has 0 spiro atoms. The fourth-order valence-corrected chi connectivity index (χ4v) is 5.23. The molecule has 0 amide bonds. The molecular formula is C11H12O4S2. The number of aliphatic hydroxyl groups excluding tert-OH is 1. The molecule has 1 N–H and O–H groups in total. The average molecular weight is 272 g/mol. The zero-order valence-electron chi connectivity index (χ0n) is 8.94. The van der Waals surface area contributed by atoms with Crippen LogP contribution in [0.2, 0.25) is 0 Å². The molecule has 92 valence electrons. The standard InChI is InChI=1S/C11H12O4S2/c12-5-8-1-3-9(4-2-8)16-11-7-17(14,15)6-10(11)13/h1-5,10-11,13H,6-7H2. The molecule has 0 aliphatic carbocycles. The summed E-state index contributed by atoms with van der Waals surface area (Å²) in [6, 6.07) is 6.86. The lowest BCUT2D eigenvalue weighted by Crippen LogP contribution is -2.19. The Morgan fingerprint density at radius 3 is 2.35 bits per heavy atom. The van der Waals surface area contributed by atoms with E-state index in [0.717, 1.165) is 11.2 Å². The lowest BCUT2D eigenvalue weighted by atomic mass is 10.2. The van der Waals surface area contributed by atoms with Crippen molar-refractivity contribution >= 4 is 27.9 Å². The molecule has 1 fully saturated rings. The van der Waals surface area contributed by atoms with Crippen molar-refractivity contribution in [2.75, 3.05) is 11.5 Å². The first kappa shape index (κ1) is 12.6. The zero-order valence-corrected chi connectivity index (χ0v) is 10.6. The van der Waals surface area contributed by atoms with Gasteiger partial charge in [0, 0.05) is 10.5 Å². The molecular weight excluding hydrogens is 260 g/mol. The topological polar surface area (TPSA) is 71.4 Å². The Kier molecular flexibility index (Phi) is 3.56. The third-order valence-electron chi connectivity index (χ3n) is 2.58. The number of sulfone groups is 1. The SMILES string of the molecule is O=Cc1ccc(SC2CS(=O)(=O)CC2O)cc1. The van der Waals surface area contributed by atoms with Gasteiger partial charge in [0.1, 0.15) is 6.29 Å². The smallest absolute Gasteiger partial charge is 0.154 e. The number of benzene rings is 1. The highest BCUT2D eigenvalue weighted by Gasteiger charge is 2.36. The largest absolute Gasteiger partial charge is 0.391 e. The summed E-state index contributed by atoms with van der Waals surface area (Å²) in [5.41, 5.74) is 0.578. The Hall–Kier alpha value is -0.850. The molecule has 0 radical (unpaired) electrons. The molecule has 0 saturated carbocycles. The summed E-state index contributed by atoms with van der Waals surface area (Å²) in [4.78, 5) is 11.3. The molecule has 2 atom stereocenters. The van der Waals surface area contributed by atoms with E-state index in [1.54, 1.807) is 24.3 Å². The van der Waals surface area contributed by atoms with Gasteiger partial charge < -0.3 is 5.11 Å². The quantitative estimate of drug-likeness (QED) is 0.822. The van der Waals surface area contributed by atoms with Crippen molar-refractivity contribution in [3.63, 3.8) is 0 Å². The van der Waals surface area contributed by atoms with Gasteiger partial charge in [-0.1, -0.05) is 12.1 Å². The van der Waals surface area contributed by atoms with Crippen molar-refractivity contribution in [3.8, 4) is 0 Å². The van der Waals surface area contributed by atoms with E-state index in [0.29, 0.717) is 5.56 Å². The van der Waals surface area contributed by atoms with E-state index in [-0.39, 0.29) is 16.8 Å². The maximum atomic E-state index is 11.3. The molecule has 6 heteroatoms. The van der Waals surface area contributed by atoms with E-state index in [2.05, 4.69) is 0 Å². The second-order valence-electron chi connectivity index (χ2n) is 3.99. The summed E-state index contributed by atoms with van der Waals surface area (Å²) in [5.74, 6) is -0.147. The molecule has 1 saturated heterocycles. The van der Waals surface area contributed by atoms with Crippen molar-refractivity contribution in [1.29, 1.82) is 0 Å². The number of carbonyl (C=O) groups is 1. The fraction of sp³-hybridized carbons (Fsp3) is 0.364. The van der Waals surface area contributed by atoms with Crippen LogP contribution in [0.5, 0.6) is 0 Å². The molecule has 1 aliphatic heterocycles. The minimum atomic E-state index is -3.10. The first-order valence-corrected chi connectivity index (χ1v) is 7.81. The molecule has 0 bridgehead atoms. The van der Waals surface area contributed by atoms with E-state index in [9.17, 15) is 18.3 Å². The molecule has 1 aliphatic rings. The van der Waals surface area contributed by atoms with Gasteiger partial charge in [0.2, 0.25) is 0 Å². The van der Waals surface area contributed by atoms with Crippen LogP contribution in [0, 0.1) is 0 Å². The molecule has 1 heterocycles. The van der Waals surface area contributed by atoms with Gasteiger partial charge in [-0.15, -0.1) is 11.8 Å². The van der Waals surface area contributed by atoms with Crippen LogP contribution < -0.4 is 0 Å². The first-order chi connectivity index (χ1) is 8.00. The Labute approximate surface area is 104 Å². The van der Waals surface area contributed by atoms with E-state index < -0.39 is 15.9 Å². The third kappa shape index (κ3) is 3.08. The lowest BCUT2D eigenvalue weighted by molar-refractivity contribution is 0.112. The van der Waals surface area contributed by atoms with Crippen LogP contribution in [0.3, 0.4) is 0 Å². The number of rotatable bonds is 3. The maximum Gasteiger partial charge on any atom is 0.154 e. The Morgan fingerprint density at radius 1 is 1.24 bits per heavy atom. The number of aldehydes is 1. The first-order valence-electron chi connectivity index (χ1n) is 5.10. The zero-order chi connectivity index (χ0) is 12.5. The van der Waals surface area contributed by atoms with Gasteiger partial charge in [0.15, 0.2) is 9.84 Å². The van der Waals surface area contributed by atoms with Crippen molar-refractivity contribution in [1.82, 2.24) is 0 Å². The average Bonchev–Trinajstić information content (AvgIpc) is 2.53. The second-order valence-corrected chi connectivity index (χ2v) is 7.45. The maximum absolute atomic E-state index is 11.3. The number of thioether (sulfide) groups is 1. The van der Waals surface area contributed by atoms with Gasteiger partial charge in [-0.05, 0) is 12.1 Å². The highest BCUT2D eigenvalue weighted by atomic mass is 32.2. The van der Waals surface area contributed by atoms with Gasteiger partial charge in [0.05, 0.1) is 22.9 Å². The summed E-state index contributed by atoms with van der Waals surface area (Å²) in [7, 11) is -3.10. The summed E-state index contributed by atoms with van der Waals surface area (Å²) >= 11 is 1.34. The van der Waals surface area contributed by atoms with Gasteiger partial charge in [0.25, 0.3) is 0 Å². The molecule has 4 nitrogen and oxygen atoms in total. The fourth-order valence-electron chi connectivity index (χ4n) is 1.71. The predicted molar refractivity (Wildman–Crippen MR) is 66.1 cm³/mol. The normalized spacial score (nSPS) is 26.9. The van der Waals surface area contributed by atoms with Crippen molar-refractivity contribution in [3.05, 3.63) is 29.8 Å². The highest BCUT2D eigenvalue weighted by Crippen LogP contribution is 2.31. The summed E-state index contributed by atoms with van der Waals surface area (Å²) in [6.45, 7) is 0. The summed E-state index contributed by atoms with van der Waals surface area (Å²) < 4.78 is 22.6. The minimum absolute atomic E-state index is 0.00820. The number of aliphatic hydroxyl groups is 1. The minimum Gasteiger partial charge on any atom is -0.391 e. The van der Waals surface area contributed by atoms with E-state index >= 15 is 0 Å². The number of carbonyl (C=O) groups excluding carboxylic acids is 1. The van der Waals surface area contributed by atoms with E-state index in [4.69, 9.17) is 0 Å². The third-order valence-corrected chi connectivity index (χ3v) is 5.83. The Morgan fingerprint density at radius 2 is 1.88 bits per heavy atom. The van der Waals surface area contributed by atoms with Crippen LogP contribution in [-0.4, -0.2) is 42.7 Å². The lowest BCUT2D eigenvalue weighted by Gasteiger charge is -2.11. The molecule has 0 aromatic heterocycles. The number of hydrogen-bond donors (Lipinski definition) is 1. The van der Waals surface area contributed by atoms with E-state index in [1.165, 1.54) is 11.8 Å². The van der Waals surface area contributed by atoms with Gasteiger partial charge in [-0.25, -0.2) is 8.42 Å². The highest BCUT2D eigenvalue weighted by molar-refractivity contribution is 8.02. The second kappa shape index (κ2) is 4.80. The van der Waals surface area contributed by atoms with Crippen LogP contribution in [0.25, 0.3) is 0 Å². The predicted octanol–water partition coefficient (Wildman–Crippen LogP) is 0.749. The van der Waals surface area contributed by atoms with Crippen molar-refractivity contribution in [2.24, 2.45) is 0 Å². The van der Waals surface area contributed by atoms with Crippen LogP contribution in [0.1, 0.15) is 10.4 Å². The molecule has 2 unspecified atom stereocenters. The van der Waals surface area contributed by atoms with Crippen molar-refractivity contribution in [2.45, 2.75) is 16.2 Å². The van der Waals surface area contributed by atoms with Crippen LogP contribution in [0.4, 0.5) is 0 Å². The van der Waals surface area contributed by atoms with Crippen molar-refractivity contribution < 1.29 is 18.3 Å². The molecule has 2 rings (SSSR count). The number of hydrogen-bond acceptors (Lipinski definition) is 5. The molecule has 1 aromatic rings. The summed E-state index contributed by atoms with van der Waals surface area (Å²) in [5, 5.41) is 9.31. The van der Waals surface area contributed by atoms with Gasteiger partial charge in [-0.3, -0.25) is 4.79 Å². The summed E-state index contributed by atoms with van der Waals surface area (Å²) in [6.07, 6.45) is -0.0562. The van der Waals surface area contributed by atoms with Crippen LogP contribution in [-0.2, 0) is 9.84 Å². The van der Waals surface area contributed by atoms with Gasteiger partial charge in [-0.2, -0.15) is 0 Å². The Bertz CT molecular complexity index is 507. The van der Waals surface area contributed by atoms with Crippen LogP contribution >= 0.6 is 11.8 Å². The van der Waals surface area contributed by atoms with Gasteiger partial charge >= 0.3 is 0 Å². The van der Waals surface area contributed by atoms with Crippen LogP contribution in [0.15, 0.2) is 29.2 Å². The Balaban J connectivity index is 2.08. The molecule has 1 aromatic carbocycles.